The number of amides is 1. The molecule has 0 radical (unpaired) electrons. The number of hydrogen-bond donors (Lipinski definition) is 17. The SMILES string of the molecule is CCC(CC(C)B(O)O)C(=O)OCCOC.CCC(CC(C)C(=O)Nc1ccc(B(O)O)cc1)C(=O)OCCCS(=O)(=O)O.CCC(CC(C)c1ccc(B(O)O)cc1)C(=O)O.CCC(CC(C)c1ccc(B(O)O)cc1)C(=O)OCCCS(=O)(=O)O.CCC(CC(C)c1ccc(B(O)O)cc1)C(=O)OCCOC.CCC(CC(CC(C)c1ccc(B(O)O)cc1)C(=O)O)C(=O)OCCOC.[K+].[Na+].[Na+].[Na+]. The maximum absolute atomic E-state index is 12.3. The first kappa shape index (κ1) is 145. The van der Waals surface area contributed by atoms with Gasteiger partial charge in [-0.3, -0.25) is 47.5 Å². The fourth-order valence-electron chi connectivity index (χ4n) is 13.7. The molecule has 49 heteroatoms. The molecular weight excluding hydrogens is 1920 g/mol. The van der Waals surface area contributed by atoms with Gasteiger partial charge in [0.1, 0.15) is 19.8 Å². The fourth-order valence-corrected chi connectivity index (χ4v) is 14.6. The summed E-state index contributed by atoms with van der Waals surface area (Å²) in [6, 6.07) is 33.6. The predicted octanol–water partition coefficient (Wildman–Crippen LogP) is -7.43. The van der Waals surface area contributed by atoms with Crippen molar-refractivity contribution in [3.05, 3.63) is 144 Å². The Bertz CT molecular complexity index is 4440. The number of anilines is 1. The van der Waals surface area contributed by atoms with E-state index in [0.717, 1.165) is 28.7 Å². The van der Waals surface area contributed by atoms with Gasteiger partial charge in [0.15, 0.2) is 0 Å². The molecule has 0 spiro atoms. The Balaban J connectivity index is -0.000000523. The van der Waals surface area contributed by atoms with Crippen LogP contribution in [-0.2, 0) is 96.5 Å². The minimum Gasteiger partial charge on any atom is -0.481 e. The molecule has 37 nitrogen and oxygen atoms in total. The number of hydrogen-bond acceptors (Lipinski definition) is 32. The Morgan fingerprint density at radius 2 is 0.536 bits per heavy atom. The van der Waals surface area contributed by atoms with E-state index in [2.05, 4.69) is 12.2 Å². The third-order valence-corrected chi connectivity index (χ3v) is 24.2. The summed E-state index contributed by atoms with van der Waals surface area (Å²) in [4.78, 5) is 94.9. The minimum absolute atomic E-state index is 0. The second-order valence-corrected chi connectivity index (χ2v) is 36.4. The summed E-state index contributed by atoms with van der Waals surface area (Å²) in [7, 11) is -12.4. The smallest absolute Gasteiger partial charge is 0.481 e. The molecule has 0 fully saturated rings. The second-order valence-electron chi connectivity index (χ2n) is 33.3. The molecular formula is C91H145B6KNNa3O36S2+4. The van der Waals surface area contributed by atoms with Crippen molar-refractivity contribution in [2.24, 2.45) is 47.3 Å². The first-order chi connectivity index (χ1) is 63.9. The van der Waals surface area contributed by atoms with Crippen LogP contribution < -0.4 is 173 Å². The molecule has 13 atom stereocenters. The zero-order chi connectivity index (χ0) is 104. The molecule has 760 valence electrons. The van der Waals surface area contributed by atoms with Crippen molar-refractivity contribution in [1.82, 2.24) is 0 Å². The van der Waals surface area contributed by atoms with E-state index in [-0.39, 0.29) is 276 Å². The van der Waals surface area contributed by atoms with Crippen LogP contribution >= 0.6 is 0 Å². The van der Waals surface area contributed by atoms with Crippen LogP contribution in [0, 0.1) is 47.3 Å². The van der Waals surface area contributed by atoms with Gasteiger partial charge in [-0.2, -0.15) is 16.8 Å². The molecule has 5 aromatic carbocycles. The summed E-state index contributed by atoms with van der Waals surface area (Å²) >= 11 is 0. The van der Waals surface area contributed by atoms with Gasteiger partial charge >= 0.3 is 225 Å². The van der Waals surface area contributed by atoms with E-state index in [1.54, 1.807) is 113 Å². The Hall–Kier alpha value is -3.89. The molecule has 0 bridgehead atoms. The van der Waals surface area contributed by atoms with Crippen molar-refractivity contribution in [3.63, 3.8) is 0 Å². The molecule has 0 saturated heterocycles. The van der Waals surface area contributed by atoms with Gasteiger partial charge in [-0.15, -0.1) is 0 Å². The summed E-state index contributed by atoms with van der Waals surface area (Å²) < 4.78 is 99.7. The van der Waals surface area contributed by atoms with Crippen molar-refractivity contribution in [2.75, 3.05) is 91.0 Å². The van der Waals surface area contributed by atoms with Crippen LogP contribution in [0.2, 0.25) is 5.82 Å². The first-order valence-electron chi connectivity index (χ1n) is 45.6. The minimum atomic E-state index is -4.09. The largest absolute Gasteiger partial charge is 1.00 e. The van der Waals surface area contributed by atoms with E-state index < -0.39 is 122 Å². The zero-order valence-corrected chi connectivity index (χ0v) is 95.6. The van der Waals surface area contributed by atoms with Gasteiger partial charge in [0.05, 0.1) is 86.0 Å². The number of nitrogens with one attached hydrogen (secondary N) is 1. The Morgan fingerprint density at radius 1 is 0.314 bits per heavy atom. The quantitative estimate of drug-likeness (QED) is 0.00565. The van der Waals surface area contributed by atoms with Crippen molar-refractivity contribution < 1.29 is 313 Å². The van der Waals surface area contributed by atoms with Crippen LogP contribution in [-0.4, -0.2) is 273 Å². The van der Waals surface area contributed by atoms with E-state index in [9.17, 15) is 60.3 Å². The summed E-state index contributed by atoms with van der Waals surface area (Å²) in [5.74, 6) is -7.91. The monoisotopic (exact) mass is 2070 g/mol. The van der Waals surface area contributed by atoms with Crippen LogP contribution in [0.1, 0.15) is 225 Å². The molecule has 1 amide bonds. The van der Waals surface area contributed by atoms with E-state index >= 15 is 0 Å². The number of aliphatic carboxylic acids is 2. The normalized spacial score (nSPS) is 13.5. The summed E-state index contributed by atoms with van der Waals surface area (Å²) in [6.45, 7) is 24.1. The maximum Gasteiger partial charge on any atom is 1.00 e. The number of benzene rings is 5. The van der Waals surface area contributed by atoms with Crippen LogP contribution in [0.4, 0.5) is 5.69 Å². The number of carboxylic acids is 2. The molecule has 0 saturated carbocycles. The number of ether oxygens (including phenoxy) is 8. The number of methoxy groups -OCH3 is 3. The standard InChI is InChI=1S/C19H29BO7.C17H26BNO8S.C16H25BO7S.C16H25BO5.C13H19BO4.C10H21BO5.K.3Na/c1-4-14(19(23)27-10-9-26-3)12-16(18(21)22)11-13(2)15-5-7-17(8-6-15)20(24)25;1-3-13(17(21)27-9-4-10-28(24,25)26)11-12(2)16(20)19-15-7-5-14(6-8-15)18(22)23;1-3-13(16(18)24-9-4-10-25(21,22)23)11-12(2)14-5-7-15(8-6-14)17(19)20;1-4-13(16(18)22-10-9-21-3)11-12(2)14-5-7-15(8-6-14)17(19)20;1-3-10(13(15)16)8-9(2)11-4-6-12(7-5-11)14(17)18;1-4-9(7-8(2)11(13)14)10(12)16-6-5-15-3;;;;/h5-8,13-14,16,24-25H,4,9-12H2,1-3H3,(H,21,22);5-8,12-13,22-23H,3-4,9-11H2,1-2H3,(H,19,20)(H,24,25,26);5-8,12-13,19-20H,3-4,9-11H2,1-2H3,(H,21,22,23);5-8,12-13,19-20H,4,9-11H2,1-3H3;4-7,9-10,17-18H,3,8H2,1-2H3,(H,15,16);8-9,13-14H,4-7H2,1-3H3;;;;/q;;;;;;4*+1. The third kappa shape index (κ3) is 63.7. The maximum atomic E-state index is 12.3. The van der Waals surface area contributed by atoms with Gasteiger partial charge in [-0.05, 0) is 188 Å². The van der Waals surface area contributed by atoms with Gasteiger partial charge in [0, 0.05) is 32.9 Å². The molecule has 0 aromatic heterocycles. The first-order valence-corrected chi connectivity index (χ1v) is 48.8. The van der Waals surface area contributed by atoms with E-state index in [0.29, 0.717) is 117 Å². The topological polar surface area (TPSA) is 614 Å². The summed E-state index contributed by atoms with van der Waals surface area (Å²) in [5, 5.41) is 130. The van der Waals surface area contributed by atoms with Crippen molar-refractivity contribution >= 4 is 144 Å². The number of carbonyl (C=O) groups is 8. The van der Waals surface area contributed by atoms with Crippen LogP contribution in [0.15, 0.2) is 121 Å². The fraction of sp³-hybridized carbons (Fsp3) is 0.582. The average molecular weight is 2070 g/mol. The second kappa shape index (κ2) is 81.1. The van der Waals surface area contributed by atoms with Crippen LogP contribution in [0.5, 0.6) is 0 Å². The van der Waals surface area contributed by atoms with Gasteiger partial charge in [-0.1, -0.05) is 192 Å². The van der Waals surface area contributed by atoms with E-state index in [1.807, 2.05) is 79.7 Å². The van der Waals surface area contributed by atoms with Crippen LogP contribution in [0.25, 0.3) is 0 Å². The summed E-state index contributed by atoms with van der Waals surface area (Å²) in [5.41, 5.74) is 6.43. The van der Waals surface area contributed by atoms with Gasteiger partial charge in [0.2, 0.25) is 5.91 Å². The van der Waals surface area contributed by atoms with E-state index in [4.69, 9.17) is 112 Å². The molecule has 13 unspecified atom stereocenters. The Kier molecular flexibility index (Phi) is 83.7. The van der Waals surface area contributed by atoms with Crippen molar-refractivity contribution in [1.29, 1.82) is 0 Å². The molecule has 140 heavy (non-hydrogen) atoms. The zero-order valence-electron chi connectivity index (χ0n) is 84.8. The molecule has 0 heterocycles. The Labute approximate surface area is 937 Å². The molecule has 5 rings (SSSR count). The van der Waals surface area contributed by atoms with Gasteiger partial charge in [-0.25, -0.2) is 0 Å². The molecule has 0 aliphatic heterocycles. The average Bonchev–Trinajstić information content (AvgIpc) is 0.840. The molecule has 0 aliphatic carbocycles. The number of carbonyl (C=O) groups excluding carboxylic acids is 6. The van der Waals surface area contributed by atoms with E-state index in [1.165, 1.54) is 26.4 Å². The van der Waals surface area contributed by atoms with Crippen LogP contribution in [0.3, 0.4) is 0 Å². The predicted molar refractivity (Wildman–Crippen MR) is 519 cm³/mol. The van der Waals surface area contributed by atoms with Gasteiger partial charge < -0.3 is 114 Å². The van der Waals surface area contributed by atoms with Gasteiger partial charge in [0.25, 0.3) is 20.2 Å². The third-order valence-electron chi connectivity index (χ3n) is 22.6. The molecule has 5 aromatic rings. The number of rotatable bonds is 56. The number of esters is 5. The summed E-state index contributed by atoms with van der Waals surface area (Å²) in [6.07, 6.45) is 6.70. The molecule has 17 N–H and O–H groups in total. The molecule has 0 aliphatic rings. The van der Waals surface area contributed by atoms with Crippen molar-refractivity contribution in [2.45, 2.75) is 209 Å². The Morgan fingerprint density at radius 3 is 0.764 bits per heavy atom. The van der Waals surface area contributed by atoms with Crippen molar-refractivity contribution in [3.8, 4) is 0 Å². The number of carboxylic acid groups (broad SMARTS) is 2.